The Bertz CT molecular complexity index is 420. The molecule has 0 aromatic heterocycles. The molecule has 0 aliphatic carbocycles. The molecule has 0 atom stereocenters. The second-order valence-corrected chi connectivity index (χ2v) is 5.24. The molecule has 0 fully saturated rings. The standard InChI is InChI=1S/C10H10Br2ClNO2/c1-4-7(11)10(16-3-6(14)15)8(12)5(2)9(4)13/h3H2,1-2H3,(H2,14,15). The maximum absolute atomic E-state index is 10.7. The molecular formula is C10H10Br2ClNO2. The summed E-state index contributed by atoms with van der Waals surface area (Å²) in [6, 6.07) is 0. The van der Waals surface area contributed by atoms with Crippen LogP contribution in [0.5, 0.6) is 5.75 Å². The molecule has 0 saturated heterocycles. The van der Waals surface area contributed by atoms with Gasteiger partial charge in [0, 0.05) is 5.02 Å². The Labute approximate surface area is 116 Å². The number of nitrogens with two attached hydrogens (primary N) is 1. The van der Waals surface area contributed by atoms with Gasteiger partial charge in [-0.3, -0.25) is 4.79 Å². The summed E-state index contributed by atoms with van der Waals surface area (Å²) in [7, 11) is 0. The summed E-state index contributed by atoms with van der Waals surface area (Å²) in [5.41, 5.74) is 6.75. The predicted molar refractivity (Wildman–Crippen MR) is 71.0 cm³/mol. The SMILES string of the molecule is Cc1c(Cl)c(C)c(Br)c(OCC(N)=O)c1Br. The highest BCUT2D eigenvalue weighted by atomic mass is 79.9. The van der Waals surface area contributed by atoms with Crippen LogP contribution in [0.15, 0.2) is 8.95 Å². The van der Waals surface area contributed by atoms with Crippen LogP contribution in [0.25, 0.3) is 0 Å². The number of rotatable bonds is 3. The van der Waals surface area contributed by atoms with E-state index in [4.69, 9.17) is 22.1 Å². The molecule has 0 heterocycles. The van der Waals surface area contributed by atoms with Crippen LogP contribution >= 0.6 is 43.5 Å². The average molecular weight is 371 g/mol. The van der Waals surface area contributed by atoms with Crippen molar-refractivity contribution in [3.63, 3.8) is 0 Å². The molecule has 0 unspecified atom stereocenters. The molecule has 0 aliphatic heterocycles. The Morgan fingerprint density at radius 1 is 1.31 bits per heavy atom. The molecule has 6 heteroatoms. The van der Waals surface area contributed by atoms with Crippen LogP contribution in [0, 0.1) is 13.8 Å². The molecular weight excluding hydrogens is 361 g/mol. The van der Waals surface area contributed by atoms with E-state index in [1.807, 2.05) is 13.8 Å². The first kappa shape index (κ1) is 13.8. The second kappa shape index (κ2) is 5.38. The molecule has 1 amide bonds. The van der Waals surface area contributed by atoms with Gasteiger partial charge in [-0.15, -0.1) is 0 Å². The van der Waals surface area contributed by atoms with E-state index in [1.54, 1.807) is 0 Å². The van der Waals surface area contributed by atoms with Crippen molar-refractivity contribution in [3.05, 3.63) is 25.1 Å². The second-order valence-electron chi connectivity index (χ2n) is 3.28. The lowest BCUT2D eigenvalue weighted by atomic mass is 10.1. The van der Waals surface area contributed by atoms with Crippen molar-refractivity contribution < 1.29 is 9.53 Å². The van der Waals surface area contributed by atoms with Crippen LogP contribution in [0.4, 0.5) is 0 Å². The summed E-state index contributed by atoms with van der Waals surface area (Å²) in [4.78, 5) is 10.7. The number of halogens is 3. The third-order valence-electron chi connectivity index (χ3n) is 2.07. The Hall–Kier alpha value is -0.260. The van der Waals surface area contributed by atoms with E-state index in [9.17, 15) is 4.79 Å². The number of hydrogen-bond acceptors (Lipinski definition) is 2. The highest BCUT2D eigenvalue weighted by molar-refractivity contribution is 9.11. The van der Waals surface area contributed by atoms with Crippen molar-refractivity contribution in [2.45, 2.75) is 13.8 Å². The van der Waals surface area contributed by atoms with Crippen LogP contribution in [0.2, 0.25) is 5.02 Å². The maximum Gasteiger partial charge on any atom is 0.255 e. The van der Waals surface area contributed by atoms with Gasteiger partial charge in [0.15, 0.2) is 6.61 Å². The highest BCUT2D eigenvalue weighted by Crippen LogP contribution is 2.42. The van der Waals surface area contributed by atoms with E-state index in [0.29, 0.717) is 10.8 Å². The number of carbonyl (C=O) groups is 1. The first-order chi connectivity index (χ1) is 7.36. The Balaban J connectivity index is 3.23. The number of hydrogen-bond donors (Lipinski definition) is 1. The first-order valence-corrected chi connectivity index (χ1v) is 6.37. The zero-order chi connectivity index (χ0) is 12.5. The van der Waals surface area contributed by atoms with Crippen molar-refractivity contribution in [1.82, 2.24) is 0 Å². The van der Waals surface area contributed by atoms with E-state index in [-0.39, 0.29) is 6.61 Å². The molecule has 1 rings (SSSR count). The monoisotopic (exact) mass is 369 g/mol. The van der Waals surface area contributed by atoms with Gasteiger partial charge in [-0.25, -0.2) is 0 Å². The summed E-state index contributed by atoms with van der Waals surface area (Å²) < 4.78 is 6.76. The van der Waals surface area contributed by atoms with Crippen molar-refractivity contribution in [3.8, 4) is 5.75 Å². The molecule has 16 heavy (non-hydrogen) atoms. The average Bonchev–Trinajstić information content (AvgIpc) is 2.23. The lowest BCUT2D eigenvalue weighted by Crippen LogP contribution is -2.20. The summed E-state index contributed by atoms with van der Waals surface area (Å²) in [6.07, 6.45) is 0. The zero-order valence-corrected chi connectivity index (χ0v) is 12.7. The fraction of sp³-hybridized carbons (Fsp3) is 0.300. The summed E-state index contributed by atoms with van der Waals surface area (Å²) in [6.45, 7) is 3.56. The van der Waals surface area contributed by atoms with E-state index < -0.39 is 5.91 Å². The quantitative estimate of drug-likeness (QED) is 0.886. The van der Waals surface area contributed by atoms with Gasteiger partial charge in [0.25, 0.3) is 5.91 Å². The molecule has 0 bridgehead atoms. The minimum absolute atomic E-state index is 0.169. The summed E-state index contributed by atoms with van der Waals surface area (Å²) >= 11 is 12.9. The topological polar surface area (TPSA) is 52.3 Å². The van der Waals surface area contributed by atoms with E-state index in [2.05, 4.69) is 31.9 Å². The van der Waals surface area contributed by atoms with Gasteiger partial charge in [0.05, 0.1) is 8.95 Å². The van der Waals surface area contributed by atoms with Crippen molar-refractivity contribution >= 4 is 49.4 Å². The number of primary amides is 1. The smallest absolute Gasteiger partial charge is 0.255 e. The summed E-state index contributed by atoms with van der Waals surface area (Å²) in [5, 5.41) is 0.658. The largest absolute Gasteiger partial charge is 0.481 e. The molecule has 0 saturated carbocycles. The fourth-order valence-corrected chi connectivity index (χ4v) is 2.89. The van der Waals surface area contributed by atoms with Gasteiger partial charge in [-0.2, -0.15) is 0 Å². The molecule has 0 spiro atoms. The number of benzene rings is 1. The molecule has 0 aliphatic rings. The Kier molecular flexibility index (Phi) is 4.64. The number of amides is 1. The molecule has 3 nitrogen and oxygen atoms in total. The number of ether oxygens (including phenoxy) is 1. The lowest BCUT2D eigenvalue weighted by Gasteiger charge is -2.15. The van der Waals surface area contributed by atoms with Gasteiger partial charge < -0.3 is 10.5 Å². The van der Waals surface area contributed by atoms with Crippen LogP contribution in [0.3, 0.4) is 0 Å². The van der Waals surface area contributed by atoms with Crippen LogP contribution in [0.1, 0.15) is 11.1 Å². The van der Waals surface area contributed by atoms with Crippen LogP contribution in [-0.4, -0.2) is 12.5 Å². The zero-order valence-electron chi connectivity index (χ0n) is 8.73. The van der Waals surface area contributed by atoms with Gasteiger partial charge >= 0.3 is 0 Å². The summed E-state index contributed by atoms with van der Waals surface area (Å²) in [5.74, 6) is 0.0160. The lowest BCUT2D eigenvalue weighted by molar-refractivity contribution is -0.119. The van der Waals surface area contributed by atoms with E-state index in [1.165, 1.54) is 0 Å². The first-order valence-electron chi connectivity index (χ1n) is 4.41. The van der Waals surface area contributed by atoms with Gasteiger partial charge in [0.1, 0.15) is 5.75 Å². The van der Waals surface area contributed by atoms with Gasteiger partial charge in [-0.1, -0.05) is 11.6 Å². The molecule has 0 radical (unpaired) electrons. The Morgan fingerprint density at radius 3 is 2.12 bits per heavy atom. The third kappa shape index (κ3) is 2.70. The van der Waals surface area contributed by atoms with Crippen molar-refractivity contribution in [1.29, 1.82) is 0 Å². The maximum atomic E-state index is 10.7. The highest BCUT2D eigenvalue weighted by Gasteiger charge is 2.17. The minimum Gasteiger partial charge on any atom is -0.481 e. The van der Waals surface area contributed by atoms with Crippen molar-refractivity contribution in [2.75, 3.05) is 6.61 Å². The fourth-order valence-electron chi connectivity index (χ4n) is 1.18. The third-order valence-corrected chi connectivity index (χ3v) is 4.55. The number of carbonyl (C=O) groups excluding carboxylic acids is 1. The molecule has 2 N–H and O–H groups in total. The van der Waals surface area contributed by atoms with Gasteiger partial charge in [0.2, 0.25) is 0 Å². The Morgan fingerprint density at radius 2 is 1.75 bits per heavy atom. The normalized spacial score (nSPS) is 10.3. The van der Waals surface area contributed by atoms with Crippen LogP contribution < -0.4 is 10.5 Å². The minimum atomic E-state index is -0.524. The molecule has 1 aromatic rings. The molecule has 88 valence electrons. The predicted octanol–water partition coefficient (Wildman–Crippen LogP) is 3.35. The van der Waals surface area contributed by atoms with Gasteiger partial charge in [-0.05, 0) is 56.8 Å². The molecule has 1 aromatic carbocycles. The van der Waals surface area contributed by atoms with E-state index >= 15 is 0 Å². The van der Waals surface area contributed by atoms with E-state index in [0.717, 1.165) is 20.1 Å². The van der Waals surface area contributed by atoms with Crippen LogP contribution in [-0.2, 0) is 4.79 Å². The van der Waals surface area contributed by atoms with Crippen molar-refractivity contribution in [2.24, 2.45) is 5.73 Å².